The lowest BCUT2D eigenvalue weighted by Gasteiger charge is -2.31. The van der Waals surface area contributed by atoms with Gasteiger partial charge in [-0.1, -0.05) is 24.3 Å². The largest absolute Gasteiger partial charge is 0.508 e. The number of aliphatic carboxylic acids is 1. The number of phenols is 1. The van der Waals surface area contributed by atoms with Gasteiger partial charge in [-0.25, -0.2) is 4.79 Å². The molecule has 1 aliphatic heterocycles. The summed E-state index contributed by atoms with van der Waals surface area (Å²) in [6.07, 6.45) is -1.89. The van der Waals surface area contributed by atoms with Crippen LogP contribution >= 0.6 is 0 Å². The van der Waals surface area contributed by atoms with E-state index < -0.39 is 18.2 Å². The molecule has 5 nitrogen and oxygen atoms in total. The zero-order valence-electron chi connectivity index (χ0n) is 10.4. The van der Waals surface area contributed by atoms with Crippen LogP contribution in [-0.4, -0.2) is 22.3 Å². The van der Waals surface area contributed by atoms with Crippen LogP contribution in [0.3, 0.4) is 0 Å². The first-order valence-electron chi connectivity index (χ1n) is 6.09. The lowest BCUT2D eigenvalue weighted by molar-refractivity contribution is -0.151. The number of fused-ring (bicyclic) bond motifs is 1. The molecule has 0 unspecified atom stereocenters. The molecule has 2 N–H and O–H groups in total. The van der Waals surface area contributed by atoms with E-state index in [0.29, 0.717) is 17.1 Å². The second kappa shape index (κ2) is 4.77. The average Bonchev–Trinajstić information content (AvgIpc) is 2.46. The molecule has 2 aromatic rings. The highest BCUT2D eigenvalue weighted by Crippen LogP contribution is 2.39. The second-order valence-electron chi connectivity index (χ2n) is 4.45. The standard InChI is InChI=1S/C15H12O5/c16-10-7-5-9(6-8-10)13-14(15(17)18)20-12-4-2-1-3-11(12)19-13/h1-8,13-14,16H,(H,17,18)/t13-,14-/m0/s1. The van der Waals surface area contributed by atoms with Crippen LogP contribution in [-0.2, 0) is 4.79 Å². The molecule has 102 valence electrons. The molecular weight excluding hydrogens is 260 g/mol. The van der Waals surface area contributed by atoms with Crippen molar-refractivity contribution in [2.24, 2.45) is 0 Å². The summed E-state index contributed by atoms with van der Waals surface area (Å²) in [5.41, 5.74) is 0.629. The molecule has 1 aliphatic rings. The van der Waals surface area contributed by atoms with Crippen LogP contribution in [0.15, 0.2) is 48.5 Å². The van der Waals surface area contributed by atoms with Crippen molar-refractivity contribution in [3.05, 3.63) is 54.1 Å². The van der Waals surface area contributed by atoms with Gasteiger partial charge in [0.2, 0.25) is 6.10 Å². The molecular formula is C15H12O5. The van der Waals surface area contributed by atoms with Crippen molar-refractivity contribution in [3.8, 4) is 17.2 Å². The average molecular weight is 272 g/mol. The molecule has 1 heterocycles. The number of phenolic OH excluding ortho intramolecular Hbond substituents is 1. The van der Waals surface area contributed by atoms with E-state index in [1.165, 1.54) is 12.1 Å². The monoisotopic (exact) mass is 272 g/mol. The van der Waals surface area contributed by atoms with Crippen LogP contribution in [0.2, 0.25) is 0 Å². The van der Waals surface area contributed by atoms with Crippen molar-refractivity contribution in [2.45, 2.75) is 12.2 Å². The molecule has 5 heteroatoms. The Morgan fingerprint density at radius 3 is 2.15 bits per heavy atom. The summed E-state index contributed by atoms with van der Waals surface area (Å²) in [6.45, 7) is 0. The van der Waals surface area contributed by atoms with Gasteiger partial charge in [0.1, 0.15) is 5.75 Å². The minimum atomic E-state index is -1.13. The first-order valence-corrected chi connectivity index (χ1v) is 6.09. The third-order valence-corrected chi connectivity index (χ3v) is 3.10. The molecule has 0 saturated heterocycles. The third-order valence-electron chi connectivity index (χ3n) is 3.10. The molecule has 0 amide bonds. The van der Waals surface area contributed by atoms with Crippen molar-refractivity contribution in [1.82, 2.24) is 0 Å². The van der Waals surface area contributed by atoms with E-state index in [-0.39, 0.29) is 5.75 Å². The van der Waals surface area contributed by atoms with E-state index >= 15 is 0 Å². The Labute approximate surface area is 115 Å². The van der Waals surface area contributed by atoms with Gasteiger partial charge in [0, 0.05) is 0 Å². The number of aromatic hydroxyl groups is 1. The summed E-state index contributed by atoms with van der Waals surface area (Å²) in [5.74, 6) is -0.0756. The van der Waals surface area contributed by atoms with Gasteiger partial charge in [0.15, 0.2) is 17.6 Å². The number of hydrogen-bond donors (Lipinski definition) is 2. The van der Waals surface area contributed by atoms with Crippen LogP contribution < -0.4 is 9.47 Å². The van der Waals surface area contributed by atoms with E-state index in [1.807, 2.05) is 0 Å². The Morgan fingerprint density at radius 1 is 0.950 bits per heavy atom. The summed E-state index contributed by atoms with van der Waals surface area (Å²) in [7, 11) is 0. The first-order chi connectivity index (χ1) is 9.65. The second-order valence-corrected chi connectivity index (χ2v) is 4.45. The molecule has 0 bridgehead atoms. The van der Waals surface area contributed by atoms with Gasteiger partial charge in [-0.3, -0.25) is 0 Å². The summed E-state index contributed by atoms with van der Waals surface area (Å²) < 4.78 is 11.2. The topological polar surface area (TPSA) is 76.0 Å². The molecule has 0 saturated carbocycles. The highest BCUT2D eigenvalue weighted by molar-refractivity contribution is 5.75. The number of para-hydroxylation sites is 2. The maximum absolute atomic E-state index is 11.4. The SMILES string of the molecule is O=C(O)[C@H]1Oc2ccccc2O[C@H]1c1ccc(O)cc1. The number of hydrogen-bond acceptors (Lipinski definition) is 4. The maximum Gasteiger partial charge on any atom is 0.349 e. The number of carboxylic acid groups (broad SMARTS) is 1. The third kappa shape index (κ3) is 2.14. The van der Waals surface area contributed by atoms with Crippen LogP contribution in [0, 0.1) is 0 Å². The van der Waals surface area contributed by atoms with Gasteiger partial charge >= 0.3 is 5.97 Å². The fraction of sp³-hybridized carbons (Fsp3) is 0.133. The Morgan fingerprint density at radius 2 is 1.55 bits per heavy atom. The number of carbonyl (C=O) groups is 1. The minimum absolute atomic E-state index is 0.109. The lowest BCUT2D eigenvalue weighted by atomic mass is 10.0. The molecule has 2 atom stereocenters. The van der Waals surface area contributed by atoms with Crippen LogP contribution in [0.4, 0.5) is 0 Å². The van der Waals surface area contributed by atoms with E-state index in [2.05, 4.69) is 0 Å². The number of benzene rings is 2. The molecule has 3 rings (SSSR count). The first kappa shape index (κ1) is 12.3. The van der Waals surface area contributed by atoms with E-state index in [4.69, 9.17) is 9.47 Å². The predicted molar refractivity (Wildman–Crippen MR) is 70.0 cm³/mol. The van der Waals surface area contributed by atoms with Crippen LogP contribution in [0.1, 0.15) is 11.7 Å². The summed E-state index contributed by atoms with van der Waals surface area (Å²) in [4.78, 5) is 11.4. The molecule has 2 aromatic carbocycles. The highest BCUT2D eigenvalue weighted by atomic mass is 16.6. The van der Waals surface area contributed by atoms with Gasteiger partial charge in [0.25, 0.3) is 0 Å². The van der Waals surface area contributed by atoms with Crippen molar-refractivity contribution in [3.63, 3.8) is 0 Å². The quantitative estimate of drug-likeness (QED) is 0.877. The lowest BCUT2D eigenvalue weighted by Crippen LogP contribution is -2.39. The van der Waals surface area contributed by atoms with Gasteiger partial charge in [-0.15, -0.1) is 0 Å². The molecule has 20 heavy (non-hydrogen) atoms. The Hall–Kier alpha value is -2.69. The smallest absolute Gasteiger partial charge is 0.349 e. The fourth-order valence-electron chi connectivity index (χ4n) is 2.13. The zero-order chi connectivity index (χ0) is 14.1. The van der Waals surface area contributed by atoms with Crippen molar-refractivity contribution in [1.29, 1.82) is 0 Å². The van der Waals surface area contributed by atoms with Gasteiger partial charge in [-0.05, 0) is 29.8 Å². The normalized spacial score (nSPS) is 20.4. The maximum atomic E-state index is 11.4. The van der Waals surface area contributed by atoms with Crippen molar-refractivity contribution in [2.75, 3.05) is 0 Å². The minimum Gasteiger partial charge on any atom is -0.508 e. The Kier molecular flexibility index (Phi) is 2.95. The zero-order valence-corrected chi connectivity index (χ0v) is 10.4. The van der Waals surface area contributed by atoms with Crippen molar-refractivity contribution >= 4 is 5.97 Å². The van der Waals surface area contributed by atoms with Gasteiger partial charge in [-0.2, -0.15) is 0 Å². The van der Waals surface area contributed by atoms with Gasteiger partial charge in [0.05, 0.1) is 0 Å². The van der Waals surface area contributed by atoms with Gasteiger partial charge < -0.3 is 19.7 Å². The molecule has 0 aliphatic carbocycles. The summed E-state index contributed by atoms with van der Waals surface area (Å²) >= 11 is 0. The molecule has 0 radical (unpaired) electrons. The highest BCUT2D eigenvalue weighted by Gasteiger charge is 2.38. The molecule has 0 spiro atoms. The summed E-state index contributed by atoms with van der Waals surface area (Å²) in [6, 6.07) is 13.1. The van der Waals surface area contributed by atoms with E-state index in [0.717, 1.165) is 0 Å². The van der Waals surface area contributed by atoms with E-state index in [9.17, 15) is 15.0 Å². The number of ether oxygens (including phenoxy) is 2. The van der Waals surface area contributed by atoms with Crippen LogP contribution in [0.5, 0.6) is 17.2 Å². The predicted octanol–water partition coefficient (Wildman–Crippen LogP) is 2.36. The molecule has 0 aromatic heterocycles. The van der Waals surface area contributed by atoms with Crippen molar-refractivity contribution < 1.29 is 24.5 Å². The van der Waals surface area contributed by atoms with E-state index in [1.54, 1.807) is 36.4 Å². The Bertz CT molecular complexity index is 635. The van der Waals surface area contributed by atoms with Crippen LogP contribution in [0.25, 0.3) is 0 Å². The fourth-order valence-corrected chi connectivity index (χ4v) is 2.13. The summed E-state index contributed by atoms with van der Waals surface area (Å²) in [5, 5.41) is 18.6. The number of rotatable bonds is 2. The Balaban J connectivity index is 2.00. The number of carboxylic acids is 1. The molecule has 0 fully saturated rings.